The Labute approximate surface area is 95.2 Å². The number of benzene rings is 1. The number of nitrogens with two attached hydrogens (primary N) is 1. The minimum atomic E-state index is 0.244. The maximum atomic E-state index is 9.55. The van der Waals surface area contributed by atoms with E-state index < -0.39 is 0 Å². The molecule has 4 heteroatoms. The first-order valence-corrected chi connectivity index (χ1v) is 5.50. The van der Waals surface area contributed by atoms with E-state index in [2.05, 4.69) is 5.32 Å². The van der Waals surface area contributed by atoms with E-state index in [-0.39, 0.29) is 5.75 Å². The van der Waals surface area contributed by atoms with Crippen LogP contribution in [-0.2, 0) is 6.54 Å². The quantitative estimate of drug-likeness (QED) is 0.652. The van der Waals surface area contributed by atoms with Crippen molar-refractivity contribution in [3.63, 3.8) is 0 Å². The summed E-state index contributed by atoms with van der Waals surface area (Å²) in [7, 11) is 0. The lowest BCUT2D eigenvalue weighted by Crippen LogP contribution is -2.16. The van der Waals surface area contributed by atoms with Crippen LogP contribution in [0.1, 0.15) is 18.4 Å². The molecule has 84 valence electrons. The number of halogens is 1. The predicted octanol–water partition coefficient (Wildman–Crippen LogP) is 1.87. The van der Waals surface area contributed by atoms with E-state index in [1.165, 1.54) is 0 Å². The summed E-state index contributed by atoms with van der Waals surface area (Å²) in [4.78, 5) is 0. The van der Waals surface area contributed by atoms with Gasteiger partial charge in [-0.3, -0.25) is 0 Å². The third kappa shape index (κ3) is 4.08. The molecule has 0 unspecified atom stereocenters. The van der Waals surface area contributed by atoms with E-state index in [0.717, 1.165) is 31.5 Å². The van der Waals surface area contributed by atoms with Gasteiger partial charge in [0.2, 0.25) is 0 Å². The molecule has 0 aliphatic carbocycles. The lowest BCUT2D eigenvalue weighted by Gasteiger charge is -2.08. The highest BCUT2D eigenvalue weighted by Crippen LogP contribution is 2.24. The van der Waals surface area contributed by atoms with Gasteiger partial charge in [-0.05, 0) is 38.1 Å². The van der Waals surface area contributed by atoms with Crippen molar-refractivity contribution < 1.29 is 5.11 Å². The average Bonchev–Trinajstić information content (AvgIpc) is 2.21. The fourth-order valence-corrected chi connectivity index (χ4v) is 1.57. The summed E-state index contributed by atoms with van der Waals surface area (Å²) in [6.07, 6.45) is 2.06. The van der Waals surface area contributed by atoms with Crippen molar-refractivity contribution in [2.45, 2.75) is 19.4 Å². The van der Waals surface area contributed by atoms with Crippen LogP contribution >= 0.6 is 11.6 Å². The minimum Gasteiger partial charge on any atom is -0.508 e. The molecule has 0 saturated carbocycles. The van der Waals surface area contributed by atoms with Crippen molar-refractivity contribution in [3.8, 4) is 5.75 Å². The maximum Gasteiger partial charge on any atom is 0.121 e. The number of phenolic OH excluding ortho intramolecular Hbond substituents is 1. The number of rotatable bonds is 6. The van der Waals surface area contributed by atoms with Crippen LogP contribution in [0.15, 0.2) is 18.2 Å². The fraction of sp³-hybridized carbons (Fsp3) is 0.455. The summed E-state index contributed by atoms with van der Waals surface area (Å²) in [5.41, 5.74) is 6.14. The van der Waals surface area contributed by atoms with Gasteiger partial charge in [-0.25, -0.2) is 0 Å². The molecule has 0 aromatic heterocycles. The highest BCUT2D eigenvalue weighted by atomic mass is 35.5. The van der Waals surface area contributed by atoms with Crippen molar-refractivity contribution in [1.82, 2.24) is 5.32 Å². The number of nitrogens with one attached hydrogen (secondary N) is 1. The minimum absolute atomic E-state index is 0.244. The van der Waals surface area contributed by atoms with E-state index in [1.807, 2.05) is 0 Å². The average molecular weight is 229 g/mol. The molecule has 0 aliphatic heterocycles. The summed E-state index contributed by atoms with van der Waals surface area (Å²) >= 11 is 5.95. The smallest absolute Gasteiger partial charge is 0.121 e. The molecule has 0 fully saturated rings. The number of phenols is 1. The summed E-state index contributed by atoms with van der Waals surface area (Å²) in [6, 6.07) is 5.15. The Bertz CT molecular complexity index is 284. The molecule has 0 amide bonds. The highest BCUT2D eigenvalue weighted by molar-refractivity contribution is 6.31. The SMILES string of the molecule is NCCCCNCc1c(O)cccc1Cl. The molecule has 3 nitrogen and oxygen atoms in total. The standard InChI is InChI=1S/C11H17ClN2O/c12-10-4-3-5-11(15)9(10)8-14-7-2-1-6-13/h3-5,14-15H,1-2,6-8,13H2. The molecule has 4 N–H and O–H groups in total. The Morgan fingerprint density at radius 2 is 2.13 bits per heavy atom. The van der Waals surface area contributed by atoms with Gasteiger partial charge in [-0.2, -0.15) is 0 Å². The topological polar surface area (TPSA) is 58.3 Å². The first-order chi connectivity index (χ1) is 7.25. The highest BCUT2D eigenvalue weighted by Gasteiger charge is 2.04. The summed E-state index contributed by atoms with van der Waals surface area (Å²) in [5, 5.41) is 13.4. The zero-order valence-corrected chi connectivity index (χ0v) is 9.43. The first-order valence-electron chi connectivity index (χ1n) is 5.13. The zero-order valence-electron chi connectivity index (χ0n) is 8.67. The van der Waals surface area contributed by atoms with Gasteiger partial charge in [0.25, 0.3) is 0 Å². The van der Waals surface area contributed by atoms with Crippen LogP contribution in [0.5, 0.6) is 5.75 Å². The summed E-state index contributed by atoms with van der Waals surface area (Å²) < 4.78 is 0. The lowest BCUT2D eigenvalue weighted by molar-refractivity contribution is 0.464. The molecule has 0 aliphatic rings. The van der Waals surface area contributed by atoms with Crippen LogP contribution < -0.4 is 11.1 Å². The van der Waals surface area contributed by atoms with Crippen LogP contribution in [0, 0.1) is 0 Å². The van der Waals surface area contributed by atoms with Gasteiger partial charge >= 0.3 is 0 Å². The molecule has 1 rings (SSSR count). The summed E-state index contributed by atoms with van der Waals surface area (Å²) in [5.74, 6) is 0.244. The van der Waals surface area contributed by atoms with Crippen molar-refractivity contribution in [2.24, 2.45) is 5.73 Å². The molecule has 0 atom stereocenters. The van der Waals surface area contributed by atoms with Crippen molar-refractivity contribution in [1.29, 1.82) is 0 Å². The van der Waals surface area contributed by atoms with Gasteiger partial charge in [0, 0.05) is 17.1 Å². The van der Waals surface area contributed by atoms with Crippen LogP contribution in [-0.4, -0.2) is 18.2 Å². The molecular weight excluding hydrogens is 212 g/mol. The summed E-state index contributed by atoms with van der Waals surface area (Å²) in [6.45, 7) is 2.21. The Balaban J connectivity index is 2.37. The molecular formula is C11H17ClN2O. The fourth-order valence-electron chi connectivity index (χ4n) is 1.33. The van der Waals surface area contributed by atoms with Gasteiger partial charge in [0.1, 0.15) is 5.75 Å². The molecule has 1 aromatic carbocycles. The molecule has 1 aromatic rings. The third-order valence-corrected chi connectivity index (χ3v) is 2.56. The third-order valence-electron chi connectivity index (χ3n) is 2.20. The van der Waals surface area contributed by atoms with E-state index in [9.17, 15) is 5.11 Å². The largest absolute Gasteiger partial charge is 0.508 e. The second kappa shape index (κ2) is 6.67. The first kappa shape index (κ1) is 12.3. The number of hydrogen-bond donors (Lipinski definition) is 3. The van der Waals surface area contributed by atoms with Crippen LogP contribution in [0.3, 0.4) is 0 Å². The Morgan fingerprint density at radius 3 is 2.80 bits per heavy atom. The lowest BCUT2D eigenvalue weighted by atomic mass is 10.2. The van der Waals surface area contributed by atoms with Gasteiger partial charge in [0.15, 0.2) is 0 Å². The predicted molar refractivity (Wildman–Crippen MR) is 63.1 cm³/mol. The van der Waals surface area contributed by atoms with E-state index >= 15 is 0 Å². The van der Waals surface area contributed by atoms with Crippen LogP contribution in [0.4, 0.5) is 0 Å². The molecule has 15 heavy (non-hydrogen) atoms. The van der Waals surface area contributed by atoms with Crippen LogP contribution in [0.25, 0.3) is 0 Å². The molecule has 0 heterocycles. The maximum absolute atomic E-state index is 9.55. The monoisotopic (exact) mass is 228 g/mol. The van der Waals surface area contributed by atoms with Gasteiger partial charge in [-0.15, -0.1) is 0 Å². The molecule has 0 radical (unpaired) electrons. The second-order valence-corrected chi connectivity index (χ2v) is 3.82. The normalized spacial score (nSPS) is 10.5. The molecule has 0 spiro atoms. The van der Waals surface area contributed by atoms with Gasteiger partial charge < -0.3 is 16.2 Å². The molecule has 0 bridgehead atoms. The second-order valence-electron chi connectivity index (χ2n) is 3.41. The number of unbranched alkanes of at least 4 members (excludes halogenated alkanes) is 1. The Kier molecular flexibility index (Phi) is 5.47. The van der Waals surface area contributed by atoms with E-state index in [1.54, 1.807) is 18.2 Å². The molecule has 0 saturated heterocycles. The van der Waals surface area contributed by atoms with Crippen molar-refractivity contribution in [2.75, 3.05) is 13.1 Å². The van der Waals surface area contributed by atoms with E-state index in [4.69, 9.17) is 17.3 Å². The Hall–Kier alpha value is -0.770. The van der Waals surface area contributed by atoms with Crippen molar-refractivity contribution in [3.05, 3.63) is 28.8 Å². The van der Waals surface area contributed by atoms with Gasteiger partial charge in [-0.1, -0.05) is 17.7 Å². The Morgan fingerprint density at radius 1 is 1.33 bits per heavy atom. The zero-order chi connectivity index (χ0) is 11.1. The number of hydrogen-bond acceptors (Lipinski definition) is 3. The van der Waals surface area contributed by atoms with E-state index in [0.29, 0.717) is 11.6 Å². The van der Waals surface area contributed by atoms with Crippen LogP contribution in [0.2, 0.25) is 5.02 Å². The number of aromatic hydroxyl groups is 1. The van der Waals surface area contributed by atoms with Gasteiger partial charge in [0.05, 0.1) is 0 Å². The van der Waals surface area contributed by atoms with Crippen molar-refractivity contribution >= 4 is 11.6 Å².